The highest BCUT2D eigenvalue weighted by Gasteiger charge is 2.30. The van der Waals surface area contributed by atoms with Gasteiger partial charge in [0.25, 0.3) is 0 Å². The predicted molar refractivity (Wildman–Crippen MR) is 82.0 cm³/mol. The van der Waals surface area contributed by atoms with Crippen molar-refractivity contribution in [2.75, 3.05) is 39.8 Å². The van der Waals surface area contributed by atoms with Gasteiger partial charge in [0.2, 0.25) is 5.91 Å². The number of rotatable bonds is 4. The van der Waals surface area contributed by atoms with Gasteiger partial charge in [0.1, 0.15) is 0 Å². The Morgan fingerprint density at radius 1 is 1.10 bits per heavy atom. The maximum absolute atomic E-state index is 12.3. The Labute approximate surface area is 127 Å². The largest absolute Gasteiger partial charge is 0.354 e. The molecule has 2 N–H and O–H groups in total. The number of nitrogens with zero attached hydrogens (tertiary/aromatic N) is 2. The van der Waals surface area contributed by atoms with Crippen molar-refractivity contribution < 1.29 is 9.59 Å². The monoisotopic (exact) mass is 296 g/mol. The van der Waals surface area contributed by atoms with Crippen molar-refractivity contribution in [1.82, 2.24) is 20.4 Å². The third kappa shape index (κ3) is 4.33. The van der Waals surface area contributed by atoms with Gasteiger partial charge < -0.3 is 20.4 Å². The molecular formula is C15H28N4O2. The molecule has 6 heteroatoms. The van der Waals surface area contributed by atoms with Gasteiger partial charge in [0.05, 0.1) is 0 Å². The van der Waals surface area contributed by atoms with Crippen LogP contribution in [0.1, 0.15) is 32.6 Å². The van der Waals surface area contributed by atoms with Crippen LogP contribution in [0.5, 0.6) is 0 Å². The normalized spacial score (nSPS) is 21.4. The van der Waals surface area contributed by atoms with Crippen LogP contribution >= 0.6 is 0 Å². The lowest BCUT2D eigenvalue weighted by molar-refractivity contribution is -0.126. The Hall–Kier alpha value is -1.30. The van der Waals surface area contributed by atoms with Gasteiger partial charge in [-0.2, -0.15) is 0 Å². The first kappa shape index (κ1) is 16.1. The van der Waals surface area contributed by atoms with Crippen LogP contribution in [0.3, 0.4) is 0 Å². The quantitative estimate of drug-likeness (QED) is 0.800. The van der Waals surface area contributed by atoms with Crippen LogP contribution in [-0.4, -0.2) is 67.6 Å². The van der Waals surface area contributed by atoms with Crippen molar-refractivity contribution in [3.05, 3.63) is 0 Å². The average molecular weight is 296 g/mol. The van der Waals surface area contributed by atoms with Gasteiger partial charge in [-0.15, -0.1) is 0 Å². The van der Waals surface area contributed by atoms with Crippen LogP contribution in [-0.2, 0) is 4.79 Å². The maximum Gasteiger partial charge on any atom is 0.319 e. The molecule has 0 aliphatic carbocycles. The summed E-state index contributed by atoms with van der Waals surface area (Å²) < 4.78 is 0. The lowest BCUT2D eigenvalue weighted by atomic mass is 9.96. The van der Waals surface area contributed by atoms with Crippen LogP contribution < -0.4 is 10.6 Å². The standard InChI is InChI=1S/C15H28N4O2/c1-12(16-2)11-17-14(20)13-5-9-19(10-6-13)15(21)18-7-3-4-8-18/h12-13,16H,3-11H2,1-2H3,(H,17,20). The minimum Gasteiger partial charge on any atom is -0.354 e. The number of urea groups is 1. The summed E-state index contributed by atoms with van der Waals surface area (Å²) in [7, 11) is 1.89. The SMILES string of the molecule is CNC(C)CNC(=O)C1CCN(C(=O)N2CCCC2)CC1. The summed E-state index contributed by atoms with van der Waals surface area (Å²) in [5.41, 5.74) is 0. The van der Waals surface area contributed by atoms with Crippen molar-refractivity contribution in [2.45, 2.75) is 38.6 Å². The van der Waals surface area contributed by atoms with E-state index in [9.17, 15) is 9.59 Å². The number of hydrogen-bond acceptors (Lipinski definition) is 3. The van der Waals surface area contributed by atoms with Crippen molar-refractivity contribution in [2.24, 2.45) is 5.92 Å². The Bertz CT molecular complexity index is 361. The number of amides is 3. The molecule has 120 valence electrons. The van der Waals surface area contributed by atoms with E-state index < -0.39 is 0 Å². The molecule has 2 aliphatic heterocycles. The summed E-state index contributed by atoms with van der Waals surface area (Å²) in [5.74, 6) is 0.182. The second-order valence-corrected chi connectivity index (χ2v) is 6.17. The van der Waals surface area contributed by atoms with Gasteiger partial charge in [0, 0.05) is 44.7 Å². The zero-order valence-corrected chi connectivity index (χ0v) is 13.2. The van der Waals surface area contributed by atoms with Crippen LogP contribution in [0.4, 0.5) is 4.79 Å². The highest BCUT2D eigenvalue weighted by molar-refractivity contribution is 5.79. The Morgan fingerprint density at radius 2 is 1.67 bits per heavy atom. The topological polar surface area (TPSA) is 64.7 Å². The van der Waals surface area contributed by atoms with Gasteiger partial charge in [-0.1, -0.05) is 0 Å². The number of carbonyl (C=O) groups is 2. The molecule has 0 aromatic heterocycles. The van der Waals surface area contributed by atoms with E-state index in [2.05, 4.69) is 10.6 Å². The van der Waals surface area contributed by atoms with Crippen LogP contribution in [0.2, 0.25) is 0 Å². The summed E-state index contributed by atoms with van der Waals surface area (Å²) >= 11 is 0. The number of nitrogens with one attached hydrogen (secondary N) is 2. The molecule has 2 fully saturated rings. The zero-order valence-electron chi connectivity index (χ0n) is 13.2. The lowest BCUT2D eigenvalue weighted by Gasteiger charge is -2.34. The molecule has 2 heterocycles. The van der Waals surface area contributed by atoms with E-state index in [4.69, 9.17) is 0 Å². The van der Waals surface area contributed by atoms with Gasteiger partial charge in [-0.25, -0.2) is 4.79 Å². The van der Waals surface area contributed by atoms with Gasteiger partial charge in [-0.05, 0) is 39.7 Å². The summed E-state index contributed by atoms with van der Waals surface area (Å²) in [4.78, 5) is 28.2. The Balaban J connectivity index is 1.72. The summed E-state index contributed by atoms with van der Waals surface area (Å²) in [5, 5.41) is 6.09. The highest BCUT2D eigenvalue weighted by atomic mass is 16.2. The van der Waals surface area contributed by atoms with E-state index in [0.717, 1.165) is 38.8 Å². The van der Waals surface area contributed by atoms with Crippen molar-refractivity contribution in [3.63, 3.8) is 0 Å². The molecule has 0 aromatic rings. The zero-order chi connectivity index (χ0) is 15.2. The van der Waals surface area contributed by atoms with Gasteiger partial charge in [-0.3, -0.25) is 4.79 Å². The van der Waals surface area contributed by atoms with E-state index >= 15 is 0 Å². The average Bonchev–Trinajstić information content (AvgIpc) is 3.06. The molecule has 3 amide bonds. The molecular weight excluding hydrogens is 268 g/mol. The van der Waals surface area contributed by atoms with Crippen molar-refractivity contribution in [3.8, 4) is 0 Å². The van der Waals surface area contributed by atoms with Crippen molar-refractivity contribution in [1.29, 1.82) is 0 Å². The van der Waals surface area contributed by atoms with Crippen LogP contribution in [0.25, 0.3) is 0 Å². The molecule has 0 radical (unpaired) electrons. The number of likely N-dealkylation sites (tertiary alicyclic amines) is 2. The van der Waals surface area contributed by atoms with E-state index in [0.29, 0.717) is 19.6 Å². The molecule has 21 heavy (non-hydrogen) atoms. The molecule has 0 saturated carbocycles. The molecule has 6 nitrogen and oxygen atoms in total. The summed E-state index contributed by atoms with van der Waals surface area (Å²) in [6.45, 7) is 5.88. The molecule has 2 rings (SSSR count). The number of carbonyl (C=O) groups excluding carboxylic acids is 2. The smallest absolute Gasteiger partial charge is 0.319 e. The van der Waals surface area contributed by atoms with Crippen LogP contribution in [0.15, 0.2) is 0 Å². The minimum absolute atomic E-state index is 0.0525. The lowest BCUT2D eigenvalue weighted by Crippen LogP contribution is -2.48. The third-order valence-corrected chi connectivity index (χ3v) is 4.59. The molecule has 2 saturated heterocycles. The molecule has 2 aliphatic rings. The fraction of sp³-hybridized carbons (Fsp3) is 0.867. The minimum atomic E-state index is 0.0525. The Morgan fingerprint density at radius 3 is 2.24 bits per heavy atom. The molecule has 0 spiro atoms. The number of likely N-dealkylation sites (N-methyl/N-ethyl adjacent to an activating group) is 1. The maximum atomic E-state index is 12.3. The molecule has 0 aromatic carbocycles. The van der Waals surface area contributed by atoms with E-state index in [1.165, 1.54) is 0 Å². The van der Waals surface area contributed by atoms with Crippen molar-refractivity contribution >= 4 is 11.9 Å². The number of hydrogen-bond donors (Lipinski definition) is 2. The highest BCUT2D eigenvalue weighted by Crippen LogP contribution is 2.20. The van der Waals surface area contributed by atoms with E-state index in [-0.39, 0.29) is 23.9 Å². The van der Waals surface area contributed by atoms with E-state index in [1.54, 1.807) is 0 Å². The summed E-state index contributed by atoms with van der Waals surface area (Å²) in [6, 6.07) is 0.445. The second kappa shape index (κ2) is 7.64. The first-order valence-electron chi connectivity index (χ1n) is 8.10. The summed E-state index contributed by atoms with van der Waals surface area (Å²) in [6.07, 6.45) is 3.79. The first-order valence-corrected chi connectivity index (χ1v) is 8.10. The first-order chi connectivity index (χ1) is 10.1. The van der Waals surface area contributed by atoms with Gasteiger partial charge >= 0.3 is 6.03 Å². The second-order valence-electron chi connectivity index (χ2n) is 6.17. The molecule has 1 atom stereocenters. The fourth-order valence-electron chi connectivity index (χ4n) is 2.94. The third-order valence-electron chi connectivity index (χ3n) is 4.59. The van der Waals surface area contributed by atoms with Crippen LogP contribution in [0, 0.1) is 5.92 Å². The predicted octanol–water partition coefficient (Wildman–Crippen LogP) is 0.638. The molecule has 1 unspecified atom stereocenters. The number of piperidine rings is 1. The Kier molecular flexibility index (Phi) is 5.85. The molecule has 0 bridgehead atoms. The van der Waals surface area contributed by atoms with E-state index in [1.807, 2.05) is 23.8 Å². The fourth-order valence-corrected chi connectivity index (χ4v) is 2.94. The van der Waals surface area contributed by atoms with Gasteiger partial charge in [0.15, 0.2) is 0 Å².